The molecule has 0 aliphatic carbocycles. The number of carbonyl (C=O) groups is 2. The van der Waals surface area contributed by atoms with Crippen LogP contribution in [0, 0.1) is 0 Å². The fourth-order valence-corrected chi connectivity index (χ4v) is 1.15. The van der Waals surface area contributed by atoms with Gasteiger partial charge in [-0.2, -0.15) is 0 Å². The predicted molar refractivity (Wildman–Crippen MR) is 61.2 cm³/mol. The van der Waals surface area contributed by atoms with Crippen molar-refractivity contribution < 1.29 is 24.9 Å². The first-order chi connectivity index (χ1) is 7.93. The molecule has 0 saturated heterocycles. The maximum atomic E-state index is 11.3. The lowest BCUT2D eigenvalue weighted by molar-refractivity contribution is -0.132. The van der Waals surface area contributed by atoms with E-state index in [1.165, 1.54) is 13.0 Å². The summed E-state index contributed by atoms with van der Waals surface area (Å²) in [6, 6.07) is 0. The van der Waals surface area contributed by atoms with Crippen molar-refractivity contribution >= 4 is 11.9 Å². The van der Waals surface area contributed by atoms with E-state index in [-0.39, 0.29) is 11.1 Å². The van der Waals surface area contributed by atoms with Gasteiger partial charge in [-0.05, 0) is 19.4 Å². The molecule has 0 fully saturated rings. The van der Waals surface area contributed by atoms with E-state index in [0.717, 1.165) is 0 Å². The van der Waals surface area contributed by atoms with Crippen molar-refractivity contribution in [2.24, 2.45) is 0 Å². The number of carboxylic acid groups (broad SMARTS) is 1. The molecule has 0 aliphatic rings. The quantitative estimate of drug-likeness (QED) is 0.238. The van der Waals surface area contributed by atoms with Crippen molar-refractivity contribution in [2.75, 3.05) is 6.73 Å². The Morgan fingerprint density at radius 3 is 2.29 bits per heavy atom. The van der Waals surface area contributed by atoms with Gasteiger partial charge in [-0.25, -0.2) is 4.79 Å². The average Bonchev–Trinajstić information content (AvgIpc) is 2.27. The van der Waals surface area contributed by atoms with Crippen LogP contribution >= 0.6 is 0 Å². The van der Waals surface area contributed by atoms with Crippen LogP contribution in [-0.2, 0) is 9.59 Å². The zero-order valence-electron chi connectivity index (χ0n) is 9.86. The van der Waals surface area contributed by atoms with Crippen LogP contribution in [0.5, 0.6) is 0 Å². The Labute approximate surface area is 99.3 Å². The Hall–Kier alpha value is -1.82. The molecular weight excluding hydrogens is 226 g/mol. The second kappa shape index (κ2) is 7.45. The summed E-state index contributed by atoms with van der Waals surface area (Å²) in [4.78, 5) is 21.9. The van der Waals surface area contributed by atoms with Gasteiger partial charge in [-0.1, -0.05) is 13.3 Å². The number of aliphatic carboxylic acids is 1. The zero-order valence-corrected chi connectivity index (χ0v) is 9.86. The first-order valence-corrected chi connectivity index (χ1v) is 5.16. The molecule has 0 aromatic heterocycles. The molecule has 0 unspecified atom stereocenters. The lowest BCUT2D eigenvalue weighted by atomic mass is 10.1. The van der Waals surface area contributed by atoms with Crippen molar-refractivity contribution in [1.82, 2.24) is 5.32 Å². The molecule has 0 rings (SSSR count). The number of carbonyl (C=O) groups excluding carboxylic acids is 1. The highest BCUT2D eigenvalue weighted by atomic mass is 16.4. The molecule has 0 aliphatic heterocycles. The minimum atomic E-state index is -1.12. The van der Waals surface area contributed by atoms with Crippen LogP contribution in [0.4, 0.5) is 0 Å². The number of carboxylic acids is 1. The fraction of sp³-hybridized carbons (Fsp3) is 0.455. The van der Waals surface area contributed by atoms with E-state index in [1.807, 2.05) is 12.2 Å². The second-order valence-electron chi connectivity index (χ2n) is 3.42. The lowest BCUT2D eigenvalue weighted by Crippen LogP contribution is -2.26. The Morgan fingerprint density at radius 1 is 1.29 bits per heavy atom. The average molecular weight is 243 g/mol. The maximum absolute atomic E-state index is 11.3. The highest BCUT2D eigenvalue weighted by Gasteiger charge is 2.13. The number of hydrogen-bond donors (Lipinski definition) is 4. The van der Waals surface area contributed by atoms with Gasteiger partial charge in [0, 0.05) is 11.1 Å². The van der Waals surface area contributed by atoms with Gasteiger partial charge in [0.15, 0.2) is 5.76 Å². The molecule has 0 bridgehead atoms. The monoisotopic (exact) mass is 243 g/mol. The van der Waals surface area contributed by atoms with E-state index in [9.17, 15) is 14.7 Å². The minimum absolute atomic E-state index is 0.0248. The van der Waals surface area contributed by atoms with Crippen LogP contribution in [0.25, 0.3) is 0 Å². The molecule has 96 valence electrons. The van der Waals surface area contributed by atoms with Crippen LogP contribution in [0.2, 0.25) is 0 Å². The van der Waals surface area contributed by atoms with E-state index in [0.29, 0.717) is 12.8 Å². The third-order valence-corrected chi connectivity index (χ3v) is 2.01. The molecule has 6 nitrogen and oxygen atoms in total. The van der Waals surface area contributed by atoms with Gasteiger partial charge in [0.2, 0.25) is 0 Å². The zero-order chi connectivity index (χ0) is 13.4. The number of hydrogen-bond acceptors (Lipinski definition) is 4. The van der Waals surface area contributed by atoms with Crippen molar-refractivity contribution in [3.8, 4) is 0 Å². The summed E-state index contributed by atoms with van der Waals surface area (Å²) in [6.45, 7) is 2.61. The summed E-state index contributed by atoms with van der Waals surface area (Å²) in [7, 11) is 0. The minimum Gasteiger partial charge on any atom is -0.503 e. The summed E-state index contributed by atoms with van der Waals surface area (Å²) in [5.41, 5.74) is 0.259. The molecule has 1 amide bonds. The van der Waals surface area contributed by atoms with Gasteiger partial charge < -0.3 is 20.6 Å². The smallest absolute Gasteiger partial charge is 0.331 e. The first kappa shape index (κ1) is 15.2. The first-order valence-electron chi connectivity index (χ1n) is 5.16. The van der Waals surface area contributed by atoms with Gasteiger partial charge in [0.05, 0.1) is 0 Å². The van der Waals surface area contributed by atoms with Crippen LogP contribution in [0.3, 0.4) is 0 Å². The Bertz CT molecular complexity index is 357. The molecule has 6 heteroatoms. The second-order valence-corrected chi connectivity index (χ2v) is 3.42. The summed E-state index contributed by atoms with van der Waals surface area (Å²) < 4.78 is 0. The lowest BCUT2D eigenvalue weighted by Gasteiger charge is -2.06. The molecule has 0 heterocycles. The summed E-state index contributed by atoms with van der Waals surface area (Å²) in [5.74, 6) is -2.51. The van der Waals surface area contributed by atoms with Gasteiger partial charge >= 0.3 is 5.97 Å². The van der Waals surface area contributed by atoms with Gasteiger partial charge in [0.25, 0.3) is 5.91 Å². The Balaban J connectivity index is 5.19. The largest absolute Gasteiger partial charge is 0.503 e. The van der Waals surface area contributed by atoms with Crippen LogP contribution in [-0.4, -0.2) is 33.9 Å². The topological polar surface area (TPSA) is 107 Å². The van der Waals surface area contributed by atoms with E-state index < -0.39 is 24.4 Å². The number of nitrogens with one attached hydrogen (secondary N) is 1. The molecule has 0 saturated carbocycles. The SMILES string of the molecule is CCCC(C=C(C)C(=O)O)=C(O)C(=O)NCO. The number of allylic oxidation sites excluding steroid dienone is 2. The third kappa shape index (κ3) is 5.17. The van der Waals surface area contributed by atoms with E-state index >= 15 is 0 Å². The molecule has 17 heavy (non-hydrogen) atoms. The number of aliphatic hydroxyl groups excluding tert-OH is 2. The predicted octanol–water partition coefficient (Wildman–Crippen LogP) is 0.695. The Morgan fingerprint density at radius 2 is 1.88 bits per heavy atom. The van der Waals surface area contributed by atoms with E-state index in [1.54, 1.807) is 0 Å². The molecular formula is C11H17NO5. The standard InChI is InChI=1S/C11H17NO5/c1-3-4-8(5-7(2)11(16)17)9(14)10(15)12-6-13/h5,13-14H,3-4,6H2,1-2H3,(H,12,15)(H,16,17). The molecule has 0 spiro atoms. The molecule has 0 atom stereocenters. The normalized spacial score (nSPS) is 13.0. The number of aliphatic hydroxyl groups is 2. The number of rotatable bonds is 6. The van der Waals surface area contributed by atoms with Crippen LogP contribution < -0.4 is 5.32 Å². The maximum Gasteiger partial charge on any atom is 0.331 e. The molecule has 0 aromatic carbocycles. The summed E-state index contributed by atoms with van der Waals surface area (Å²) in [5, 5.41) is 28.8. The fourth-order valence-electron chi connectivity index (χ4n) is 1.15. The van der Waals surface area contributed by atoms with E-state index in [4.69, 9.17) is 10.2 Å². The highest BCUT2D eigenvalue weighted by Crippen LogP contribution is 2.14. The third-order valence-electron chi connectivity index (χ3n) is 2.01. The van der Waals surface area contributed by atoms with Gasteiger partial charge in [0.1, 0.15) is 6.73 Å². The highest BCUT2D eigenvalue weighted by molar-refractivity contribution is 5.93. The summed E-state index contributed by atoms with van der Waals surface area (Å²) >= 11 is 0. The summed E-state index contributed by atoms with van der Waals surface area (Å²) in [6.07, 6.45) is 2.27. The van der Waals surface area contributed by atoms with Crippen LogP contribution in [0.15, 0.2) is 23.0 Å². The Kier molecular flexibility index (Phi) is 6.65. The number of amides is 1. The molecule has 0 aromatic rings. The molecule has 0 radical (unpaired) electrons. The van der Waals surface area contributed by atoms with Crippen LogP contribution in [0.1, 0.15) is 26.7 Å². The van der Waals surface area contributed by atoms with Crippen molar-refractivity contribution in [3.63, 3.8) is 0 Å². The van der Waals surface area contributed by atoms with Gasteiger partial charge in [-0.15, -0.1) is 0 Å². The van der Waals surface area contributed by atoms with Crippen molar-refractivity contribution in [1.29, 1.82) is 0 Å². The van der Waals surface area contributed by atoms with E-state index in [2.05, 4.69) is 0 Å². The molecule has 4 N–H and O–H groups in total. The van der Waals surface area contributed by atoms with Crippen molar-refractivity contribution in [2.45, 2.75) is 26.7 Å². The van der Waals surface area contributed by atoms with Gasteiger partial charge in [-0.3, -0.25) is 4.79 Å². The van der Waals surface area contributed by atoms with Crippen molar-refractivity contribution in [3.05, 3.63) is 23.0 Å².